The van der Waals surface area contributed by atoms with Crippen molar-refractivity contribution in [3.05, 3.63) is 48.2 Å². The highest BCUT2D eigenvalue weighted by Gasteiger charge is 2.04. The maximum atomic E-state index is 4.57. The van der Waals surface area contributed by atoms with Crippen LogP contribution in [0.15, 0.2) is 41.8 Å². The molecule has 0 radical (unpaired) electrons. The number of nitrogens with one attached hydrogen (secondary N) is 3. The Morgan fingerprint density at radius 3 is 2.88 bits per heavy atom. The summed E-state index contributed by atoms with van der Waals surface area (Å²) < 4.78 is 1.74. The predicted molar refractivity (Wildman–Crippen MR) is 116 cm³/mol. The first-order valence-electron chi connectivity index (χ1n) is 8.68. The molecule has 3 N–H and O–H groups in total. The Labute approximate surface area is 170 Å². The normalized spacial score (nSPS) is 11.4. The molecular formula is C18H26IN7. The molecule has 0 saturated carbocycles. The van der Waals surface area contributed by atoms with Crippen LogP contribution in [0.4, 0.5) is 0 Å². The van der Waals surface area contributed by atoms with Gasteiger partial charge in [-0.3, -0.25) is 4.68 Å². The average Bonchev–Trinajstić information content (AvgIpc) is 3.22. The van der Waals surface area contributed by atoms with E-state index >= 15 is 0 Å². The molecule has 0 spiro atoms. The number of aryl methyl sites for hydroxylation is 2. The molecule has 3 aromatic rings. The quantitative estimate of drug-likeness (QED) is 0.216. The van der Waals surface area contributed by atoms with E-state index in [2.05, 4.69) is 68.1 Å². The van der Waals surface area contributed by atoms with Crippen molar-refractivity contribution in [3.63, 3.8) is 0 Å². The first-order valence-corrected chi connectivity index (χ1v) is 8.68. The average molecular weight is 467 g/mol. The Balaban J connectivity index is 0.00000243. The van der Waals surface area contributed by atoms with Crippen LogP contribution in [0.2, 0.25) is 0 Å². The van der Waals surface area contributed by atoms with Crippen molar-refractivity contribution in [1.29, 1.82) is 0 Å². The van der Waals surface area contributed by atoms with Crippen LogP contribution in [0.5, 0.6) is 0 Å². The minimum absolute atomic E-state index is 0. The summed E-state index contributed by atoms with van der Waals surface area (Å²) in [6.07, 6.45) is 5.72. The summed E-state index contributed by atoms with van der Waals surface area (Å²) in [4.78, 5) is 12.1. The number of aromatic nitrogens is 4. The number of fused-ring (bicyclic) bond motifs is 1. The minimum atomic E-state index is 0. The summed E-state index contributed by atoms with van der Waals surface area (Å²) in [6.45, 7) is 4.26. The number of hydrogen-bond donors (Lipinski definition) is 3. The third kappa shape index (κ3) is 5.20. The lowest BCUT2D eigenvalue weighted by atomic mass is 10.1. The van der Waals surface area contributed by atoms with E-state index in [-0.39, 0.29) is 24.0 Å². The zero-order chi connectivity index (χ0) is 17.5. The summed E-state index contributed by atoms with van der Waals surface area (Å²) in [5.41, 5.74) is 2.56. The molecular weight excluding hydrogens is 441 g/mol. The van der Waals surface area contributed by atoms with E-state index in [1.807, 2.05) is 7.05 Å². The number of nitrogens with zero attached hydrogens (tertiary/aromatic N) is 4. The van der Waals surface area contributed by atoms with Gasteiger partial charge in [-0.1, -0.05) is 18.2 Å². The Hall–Kier alpha value is -2.10. The zero-order valence-corrected chi connectivity index (χ0v) is 17.5. The van der Waals surface area contributed by atoms with Crippen molar-refractivity contribution >= 4 is 40.8 Å². The molecule has 0 saturated heterocycles. The van der Waals surface area contributed by atoms with Gasteiger partial charge in [0, 0.05) is 37.2 Å². The largest absolute Gasteiger partial charge is 0.361 e. The lowest BCUT2D eigenvalue weighted by Crippen LogP contribution is -2.37. The number of aliphatic imine (C=N–C) groups is 1. The molecule has 1 aromatic carbocycles. The fourth-order valence-corrected chi connectivity index (χ4v) is 2.78. The molecule has 0 aliphatic heterocycles. The van der Waals surface area contributed by atoms with E-state index in [4.69, 9.17) is 0 Å². The fourth-order valence-electron chi connectivity index (χ4n) is 2.78. The molecule has 8 heteroatoms. The molecule has 2 heterocycles. The number of para-hydroxylation sites is 1. The first-order chi connectivity index (χ1) is 12.3. The van der Waals surface area contributed by atoms with Crippen molar-refractivity contribution in [2.75, 3.05) is 13.1 Å². The molecule has 0 bridgehead atoms. The van der Waals surface area contributed by atoms with Crippen LogP contribution in [-0.2, 0) is 20.0 Å². The molecule has 140 valence electrons. The number of aromatic amines is 1. The van der Waals surface area contributed by atoms with Crippen LogP contribution in [0.1, 0.15) is 24.7 Å². The number of H-pyrrole nitrogens is 1. The van der Waals surface area contributed by atoms with Crippen LogP contribution in [0, 0.1) is 0 Å². The van der Waals surface area contributed by atoms with Crippen molar-refractivity contribution in [1.82, 2.24) is 30.4 Å². The van der Waals surface area contributed by atoms with Crippen LogP contribution in [0.25, 0.3) is 10.9 Å². The molecule has 3 rings (SSSR count). The summed E-state index contributed by atoms with van der Waals surface area (Å²) >= 11 is 0. The Kier molecular flexibility index (Phi) is 7.89. The Morgan fingerprint density at radius 1 is 1.27 bits per heavy atom. The second kappa shape index (κ2) is 10.1. The van der Waals surface area contributed by atoms with Crippen molar-refractivity contribution in [2.45, 2.75) is 26.3 Å². The second-order valence-corrected chi connectivity index (χ2v) is 5.88. The smallest absolute Gasteiger partial charge is 0.191 e. The van der Waals surface area contributed by atoms with E-state index < -0.39 is 0 Å². The molecule has 7 nitrogen and oxygen atoms in total. The van der Waals surface area contributed by atoms with Gasteiger partial charge in [0.1, 0.15) is 18.7 Å². The van der Waals surface area contributed by atoms with Gasteiger partial charge in [-0.05, 0) is 31.4 Å². The topological polar surface area (TPSA) is 82.9 Å². The summed E-state index contributed by atoms with van der Waals surface area (Å²) in [6, 6.07) is 8.42. The van der Waals surface area contributed by atoms with Gasteiger partial charge >= 0.3 is 0 Å². The van der Waals surface area contributed by atoms with Crippen LogP contribution in [-0.4, -0.2) is 38.8 Å². The molecule has 0 fully saturated rings. The third-order valence-electron chi connectivity index (χ3n) is 4.12. The molecule has 26 heavy (non-hydrogen) atoms. The lowest BCUT2D eigenvalue weighted by molar-refractivity contribution is 0.694. The Morgan fingerprint density at radius 2 is 2.12 bits per heavy atom. The van der Waals surface area contributed by atoms with Crippen molar-refractivity contribution in [3.8, 4) is 0 Å². The highest BCUT2D eigenvalue weighted by Crippen LogP contribution is 2.18. The van der Waals surface area contributed by atoms with Crippen molar-refractivity contribution < 1.29 is 0 Å². The van der Waals surface area contributed by atoms with Gasteiger partial charge in [-0.2, -0.15) is 5.10 Å². The number of halogens is 1. The fraction of sp³-hybridized carbons (Fsp3) is 0.389. The summed E-state index contributed by atoms with van der Waals surface area (Å²) in [5.74, 6) is 1.65. The van der Waals surface area contributed by atoms with Crippen LogP contribution < -0.4 is 10.6 Å². The SMILES string of the molecule is CCNC(=NCc1ncnn1C)NCCCc1c[nH]c2ccccc12.I. The zero-order valence-electron chi connectivity index (χ0n) is 15.2. The number of benzene rings is 1. The number of hydrogen-bond acceptors (Lipinski definition) is 3. The van der Waals surface area contributed by atoms with Gasteiger partial charge in [0.25, 0.3) is 0 Å². The third-order valence-corrected chi connectivity index (χ3v) is 4.12. The lowest BCUT2D eigenvalue weighted by Gasteiger charge is -2.11. The Bertz CT molecular complexity index is 837. The van der Waals surface area contributed by atoms with Gasteiger partial charge < -0.3 is 15.6 Å². The van der Waals surface area contributed by atoms with Gasteiger partial charge in [-0.25, -0.2) is 9.98 Å². The molecule has 0 unspecified atom stereocenters. The molecule has 0 amide bonds. The van der Waals surface area contributed by atoms with Gasteiger partial charge in [0.15, 0.2) is 5.96 Å². The van der Waals surface area contributed by atoms with Crippen LogP contribution >= 0.6 is 24.0 Å². The number of guanidine groups is 1. The maximum Gasteiger partial charge on any atom is 0.191 e. The van der Waals surface area contributed by atoms with Gasteiger partial charge in [0.05, 0.1) is 0 Å². The minimum Gasteiger partial charge on any atom is -0.361 e. The molecule has 0 atom stereocenters. The molecule has 0 aliphatic rings. The van der Waals surface area contributed by atoms with Crippen LogP contribution in [0.3, 0.4) is 0 Å². The van der Waals surface area contributed by atoms with E-state index in [1.54, 1.807) is 11.0 Å². The van der Waals surface area contributed by atoms with Gasteiger partial charge in [0.2, 0.25) is 0 Å². The van der Waals surface area contributed by atoms with E-state index in [1.165, 1.54) is 16.5 Å². The monoisotopic (exact) mass is 467 g/mol. The summed E-state index contributed by atoms with van der Waals surface area (Å²) in [7, 11) is 1.87. The molecule has 0 aliphatic carbocycles. The maximum absolute atomic E-state index is 4.57. The molecule has 2 aromatic heterocycles. The summed E-state index contributed by atoms with van der Waals surface area (Å²) in [5, 5.41) is 12.0. The standard InChI is InChI=1S/C18H25N7.HI/c1-3-19-18(22-12-17-23-13-24-25(17)2)20-10-6-7-14-11-21-16-9-5-4-8-15(14)16;/h4-5,8-9,11,13,21H,3,6-7,10,12H2,1-2H3,(H2,19,20,22);1H. The van der Waals surface area contributed by atoms with E-state index in [0.717, 1.165) is 37.7 Å². The van der Waals surface area contributed by atoms with E-state index in [9.17, 15) is 0 Å². The first kappa shape index (κ1) is 20.2. The predicted octanol–water partition coefficient (Wildman–Crippen LogP) is 2.60. The van der Waals surface area contributed by atoms with E-state index in [0.29, 0.717) is 6.54 Å². The number of rotatable bonds is 7. The van der Waals surface area contributed by atoms with Crippen molar-refractivity contribution in [2.24, 2.45) is 12.0 Å². The highest BCUT2D eigenvalue weighted by atomic mass is 127. The second-order valence-electron chi connectivity index (χ2n) is 5.88. The highest BCUT2D eigenvalue weighted by molar-refractivity contribution is 14.0. The van der Waals surface area contributed by atoms with Gasteiger partial charge in [-0.15, -0.1) is 24.0 Å².